The molecule has 0 unspecified atom stereocenters. The Kier molecular flexibility index (Phi) is 7.72. The predicted molar refractivity (Wildman–Crippen MR) is 145 cm³/mol. The largest absolute Gasteiger partial charge is 0.497 e. The lowest BCUT2D eigenvalue weighted by atomic mass is 10.0. The van der Waals surface area contributed by atoms with E-state index in [0.717, 1.165) is 28.1 Å². The van der Waals surface area contributed by atoms with Gasteiger partial charge in [0, 0.05) is 24.6 Å². The van der Waals surface area contributed by atoms with Gasteiger partial charge >= 0.3 is 5.97 Å². The molecule has 1 N–H and O–H groups in total. The van der Waals surface area contributed by atoms with Crippen molar-refractivity contribution in [3.63, 3.8) is 0 Å². The maximum absolute atomic E-state index is 12.2. The van der Waals surface area contributed by atoms with Gasteiger partial charge in [0.25, 0.3) is 0 Å². The molecule has 0 aliphatic rings. The Labute approximate surface area is 217 Å². The number of carbonyl (C=O) groups excluding carboxylic acids is 2. The predicted octanol–water partition coefficient (Wildman–Crippen LogP) is 6.43. The summed E-state index contributed by atoms with van der Waals surface area (Å²) in [4.78, 5) is 24.5. The van der Waals surface area contributed by atoms with Gasteiger partial charge in [0.05, 0.1) is 18.4 Å². The number of rotatable bonds is 8. The first-order valence-electron chi connectivity index (χ1n) is 12.2. The number of esters is 1. The van der Waals surface area contributed by atoms with Crippen LogP contribution in [0.4, 0.5) is 5.69 Å². The Morgan fingerprint density at radius 2 is 1.59 bits per heavy atom. The van der Waals surface area contributed by atoms with E-state index >= 15 is 0 Å². The number of benzene rings is 3. The van der Waals surface area contributed by atoms with E-state index in [1.54, 1.807) is 11.8 Å². The molecular weight excluding hydrogens is 466 g/mol. The van der Waals surface area contributed by atoms with Gasteiger partial charge in [0.15, 0.2) is 0 Å². The summed E-state index contributed by atoms with van der Waals surface area (Å²) >= 11 is 0. The van der Waals surface area contributed by atoms with Gasteiger partial charge in [0.2, 0.25) is 11.8 Å². The second-order valence-electron chi connectivity index (χ2n) is 9.27. The molecule has 1 amide bonds. The summed E-state index contributed by atoms with van der Waals surface area (Å²) in [5.74, 6) is 0.837. The highest BCUT2D eigenvalue weighted by molar-refractivity contribution is 5.92. The molecule has 1 aromatic heterocycles. The molecule has 0 atom stereocenters. The number of aromatic nitrogens is 2. The number of para-hydroxylation sites is 1. The fourth-order valence-corrected chi connectivity index (χ4v) is 4.11. The number of hydrogen-bond acceptors (Lipinski definition) is 5. The monoisotopic (exact) mass is 497 g/mol. The van der Waals surface area contributed by atoms with Crippen LogP contribution in [0.15, 0.2) is 72.8 Å². The fourth-order valence-electron chi connectivity index (χ4n) is 4.11. The van der Waals surface area contributed by atoms with Crippen molar-refractivity contribution in [1.82, 2.24) is 9.78 Å². The molecule has 0 saturated carbocycles. The van der Waals surface area contributed by atoms with Crippen molar-refractivity contribution < 1.29 is 19.1 Å². The molecule has 0 bridgehead atoms. The molecular formula is C30H31N3O4. The number of hydrogen-bond donors (Lipinski definition) is 1. The Morgan fingerprint density at radius 3 is 2.19 bits per heavy atom. The summed E-state index contributed by atoms with van der Waals surface area (Å²) in [5.41, 5.74) is 5.43. The topological polar surface area (TPSA) is 82.4 Å². The zero-order chi connectivity index (χ0) is 26.5. The van der Waals surface area contributed by atoms with E-state index in [1.807, 2.05) is 93.6 Å². The van der Waals surface area contributed by atoms with Crippen LogP contribution in [0.3, 0.4) is 0 Å². The summed E-state index contributed by atoms with van der Waals surface area (Å²) in [5, 5.41) is 7.87. The average Bonchev–Trinajstić information content (AvgIpc) is 3.22. The van der Waals surface area contributed by atoms with Gasteiger partial charge in [-0.25, -0.2) is 0 Å². The Balaban J connectivity index is 1.88. The normalized spacial score (nSPS) is 10.9. The van der Waals surface area contributed by atoms with Crippen molar-refractivity contribution in [3.8, 4) is 39.7 Å². The first-order valence-corrected chi connectivity index (χ1v) is 12.2. The molecule has 0 fully saturated rings. The highest BCUT2D eigenvalue weighted by atomic mass is 16.5. The third-order valence-electron chi connectivity index (χ3n) is 5.84. The van der Waals surface area contributed by atoms with Gasteiger partial charge in [-0.2, -0.15) is 9.78 Å². The first-order chi connectivity index (χ1) is 17.8. The van der Waals surface area contributed by atoms with Crippen molar-refractivity contribution in [1.29, 1.82) is 0 Å². The van der Waals surface area contributed by atoms with E-state index in [2.05, 4.69) is 5.32 Å². The Bertz CT molecular complexity index is 1400. The summed E-state index contributed by atoms with van der Waals surface area (Å²) in [6, 6.07) is 22.8. The summed E-state index contributed by atoms with van der Waals surface area (Å²) in [6.45, 7) is 7.37. The Hall–Kier alpha value is -4.39. The third kappa shape index (κ3) is 5.89. The van der Waals surface area contributed by atoms with E-state index in [9.17, 15) is 9.59 Å². The zero-order valence-electron chi connectivity index (χ0n) is 21.7. The molecule has 3 aromatic carbocycles. The molecule has 1 heterocycles. The maximum atomic E-state index is 12.2. The highest BCUT2D eigenvalue weighted by Gasteiger charge is 2.25. The smallest absolute Gasteiger partial charge is 0.309 e. The van der Waals surface area contributed by atoms with Crippen LogP contribution in [-0.4, -0.2) is 28.8 Å². The van der Waals surface area contributed by atoms with Gasteiger partial charge in [-0.15, -0.1) is 0 Å². The number of carbonyl (C=O) groups is 2. The van der Waals surface area contributed by atoms with Crippen molar-refractivity contribution in [2.75, 3.05) is 12.4 Å². The summed E-state index contributed by atoms with van der Waals surface area (Å²) < 4.78 is 12.8. The molecule has 4 aromatic rings. The van der Waals surface area contributed by atoms with Crippen LogP contribution in [0.5, 0.6) is 11.6 Å². The van der Waals surface area contributed by atoms with Crippen LogP contribution in [-0.2, 0) is 9.59 Å². The third-order valence-corrected chi connectivity index (χ3v) is 5.84. The lowest BCUT2D eigenvalue weighted by Crippen LogP contribution is -2.13. The lowest BCUT2D eigenvalue weighted by Gasteiger charge is -2.12. The molecule has 7 nitrogen and oxygen atoms in total. The average molecular weight is 498 g/mol. The van der Waals surface area contributed by atoms with Crippen LogP contribution >= 0.6 is 0 Å². The number of nitrogens with zero attached hydrogens (tertiary/aromatic N) is 2. The van der Waals surface area contributed by atoms with Gasteiger partial charge in [0.1, 0.15) is 11.4 Å². The molecule has 4 rings (SSSR count). The van der Waals surface area contributed by atoms with E-state index in [1.165, 1.54) is 6.92 Å². The standard InChI is InChI=1S/C30H31N3O4/c1-19(2)18-27(35)31-24-14-10-22(11-15-24)28-29(23-12-16-25(36-5)17-13-23)32-33(30(28)37-21(4)34)26-9-7-6-8-20(26)3/h6-17,19H,18H2,1-5H3,(H,31,35). The number of nitrogens with one attached hydrogen (secondary N) is 1. The second-order valence-corrected chi connectivity index (χ2v) is 9.27. The number of ether oxygens (including phenoxy) is 2. The van der Waals surface area contributed by atoms with Gasteiger partial charge in [-0.3, -0.25) is 9.59 Å². The van der Waals surface area contributed by atoms with Crippen molar-refractivity contribution in [2.24, 2.45) is 5.92 Å². The number of anilines is 1. The summed E-state index contributed by atoms with van der Waals surface area (Å²) in [6.07, 6.45) is 0.448. The van der Waals surface area contributed by atoms with Crippen LogP contribution in [0.1, 0.15) is 32.8 Å². The van der Waals surface area contributed by atoms with Crippen molar-refractivity contribution in [2.45, 2.75) is 34.1 Å². The minimum absolute atomic E-state index is 0.0327. The first kappa shape index (κ1) is 25.7. The van der Waals surface area contributed by atoms with Crippen LogP contribution in [0.25, 0.3) is 28.1 Å². The number of methoxy groups -OCH3 is 1. The SMILES string of the molecule is COc1ccc(-c2nn(-c3ccccc3C)c(OC(C)=O)c2-c2ccc(NC(=O)CC(C)C)cc2)cc1. The van der Waals surface area contributed by atoms with Crippen molar-refractivity contribution in [3.05, 3.63) is 78.4 Å². The summed E-state index contributed by atoms with van der Waals surface area (Å²) in [7, 11) is 1.62. The van der Waals surface area contributed by atoms with Gasteiger partial charge in [-0.05, 0) is 66.4 Å². The Morgan fingerprint density at radius 1 is 0.946 bits per heavy atom. The number of amides is 1. The molecule has 0 spiro atoms. The minimum Gasteiger partial charge on any atom is -0.497 e. The van der Waals surface area contributed by atoms with Crippen LogP contribution in [0, 0.1) is 12.8 Å². The minimum atomic E-state index is -0.449. The maximum Gasteiger partial charge on any atom is 0.309 e. The molecule has 0 radical (unpaired) electrons. The van der Waals surface area contributed by atoms with E-state index < -0.39 is 5.97 Å². The molecule has 190 valence electrons. The fraction of sp³-hybridized carbons (Fsp3) is 0.233. The molecule has 0 saturated heterocycles. The quantitative estimate of drug-likeness (QED) is 0.284. The molecule has 7 heteroatoms. The van der Waals surface area contributed by atoms with E-state index in [-0.39, 0.29) is 11.8 Å². The van der Waals surface area contributed by atoms with E-state index in [4.69, 9.17) is 14.6 Å². The molecule has 37 heavy (non-hydrogen) atoms. The van der Waals surface area contributed by atoms with E-state index in [0.29, 0.717) is 29.2 Å². The van der Waals surface area contributed by atoms with Crippen molar-refractivity contribution >= 4 is 17.6 Å². The van der Waals surface area contributed by atoms with Crippen LogP contribution < -0.4 is 14.8 Å². The zero-order valence-corrected chi connectivity index (χ0v) is 21.7. The molecule has 0 aliphatic heterocycles. The van der Waals surface area contributed by atoms with Gasteiger partial charge in [-0.1, -0.05) is 44.2 Å². The van der Waals surface area contributed by atoms with Gasteiger partial charge < -0.3 is 14.8 Å². The van der Waals surface area contributed by atoms with Crippen LogP contribution in [0.2, 0.25) is 0 Å². The number of aryl methyl sites for hydroxylation is 1. The second kappa shape index (κ2) is 11.1. The lowest BCUT2D eigenvalue weighted by molar-refractivity contribution is -0.132. The highest BCUT2D eigenvalue weighted by Crippen LogP contribution is 2.42. The molecule has 0 aliphatic carbocycles.